The summed E-state index contributed by atoms with van der Waals surface area (Å²) in [6.45, 7) is -1.76. The lowest BCUT2D eigenvalue weighted by atomic mass is 9.54. The van der Waals surface area contributed by atoms with Crippen LogP contribution in [0.15, 0.2) is 24.3 Å². The summed E-state index contributed by atoms with van der Waals surface area (Å²) in [6.07, 6.45) is 1.28. The van der Waals surface area contributed by atoms with E-state index in [2.05, 4.69) is 10.6 Å². The van der Waals surface area contributed by atoms with Crippen LogP contribution in [0.4, 0.5) is 18.0 Å². The first kappa shape index (κ1) is 18.8. The van der Waals surface area contributed by atoms with Crippen LogP contribution in [0.1, 0.15) is 43.7 Å². The summed E-state index contributed by atoms with van der Waals surface area (Å²) in [5.74, 6) is 0.0337. The van der Waals surface area contributed by atoms with Crippen LogP contribution >= 0.6 is 0 Å². The number of benzene rings is 1. The Kier molecular flexibility index (Phi) is 5.32. The van der Waals surface area contributed by atoms with Crippen molar-refractivity contribution >= 4 is 6.03 Å². The lowest BCUT2D eigenvalue weighted by molar-refractivity contribution is -0.153. The molecule has 2 aliphatic rings. The van der Waals surface area contributed by atoms with Gasteiger partial charge in [-0.3, -0.25) is 0 Å². The topological polar surface area (TPSA) is 70.6 Å². The minimum atomic E-state index is -4.43. The highest BCUT2D eigenvalue weighted by atomic mass is 19.4. The Morgan fingerprint density at radius 2 is 2.08 bits per heavy atom. The first-order chi connectivity index (χ1) is 12.3. The molecular weight excluding hydrogens is 349 g/mol. The van der Waals surface area contributed by atoms with E-state index in [1.165, 1.54) is 37.5 Å². The molecule has 1 unspecified atom stereocenters. The molecule has 3 N–H and O–H groups in total. The van der Waals surface area contributed by atoms with Gasteiger partial charge in [0.05, 0.1) is 12.6 Å². The minimum absolute atomic E-state index is 0.0337. The summed E-state index contributed by atoms with van der Waals surface area (Å²) >= 11 is 0. The third-order valence-corrected chi connectivity index (χ3v) is 5.26. The van der Waals surface area contributed by atoms with Crippen LogP contribution in [0.25, 0.3) is 0 Å². The van der Waals surface area contributed by atoms with Crippen LogP contribution in [0.2, 0.25) is 0 Å². The number of rotatable bonds is 6. The highest BCUT2D eigenvalue weighted by Gasteiger charge is 2.48. The lowest BCUT2D eigenvalue weighted by Crippen LogP contribution is -2.55. The van der Waals surface area contributed by atoms with E-state index in [4.69, 9.17) is 4.74 Å². The Labute approximate surface area is 149 Å². The van der Waals surface area contributed by atoms with Gasteiger partial charge in [0.15, 0.2) is 6.61 Å². The molecule has 26 heavy (non-hydrogen) atoms. The predicted molar refractivity (Wildman–Crippen MR) is 88.8 cm³/mol. The summed E-state index contributed by atoms with van der Waals surface area (Å²) in [5, 5.41) is 15.1. The molecule has 1 aromatic carbocycles. The normalized spacial score (nSPS) is 20.0. The number of amides is 2. The Morgan fingerprint density at radius 3 is 2.65 bits per heavy atom. The molecule has 8 heteroatoms. The van der Waals surface area contributed by atoms with Crippen molar-refractivity contribution in [1.82, 2.24) is 10.6 Å². The molecule has 2 amide bonds. The summed E-state index contributed by atoms with van der Waals surface area (Å²) < 4.78 is 41.5. The largest absolute Gasteiger partial charge is 0.484 e. The molecule has 1 aromatic rings. The Hall–Kier alpha value is -1.96. The number of carbonyl (C=O) groups is 1. The number of hydrogen-bond donors (Lipinski definition) is 3. The van der Waals surface area contributed by atoms with Crippen LogP contribution in [-0.2, 0) is 0 Å². The zero-order valence-electron chi connectivity index (χ0n) is 14.3. The van der Waals surface area contributed by atoms with Crippen molar-refractivity contribution in [3.8, 4) is 5.75 Å². The molecule has 144 valence electrons. The lowest BCUT2D eigenvalue weighted by Gasteiger charge is -2.54. The summed E-state index contributed by atoms with van der Waals surface area (Å²) in [4.78, 5) is 12.1. The van der Waals surface area contributed by atoms with Crippen LogP contribution in [0.5, 0.6) is 5.75 Å². The molecule has 0 radical (unpaired) electrons. The van der Waals surface area contributed by atoms with Gasteiger partial charge in [0.1, 0.15) is 5.75 Å². The number of halogens is 3. The number of alkyl halides is 3. The van der Waals surface area contributed by atoms with Crippen molar-refractivity contribution in [3.05, 3.63) is 29.8 Å². The molecule has 3 rings (SSSR count). The molecule has 0 saturated heterocycles. The number of carbonyl (C=O) groups excluding carboxylic acids is 1. The zero-order valence-corrected chi connectivity index (χ0v) is 14.3. The second kappa shape index (κ2) is 7.34. The van der Waals surface area contributed by atoms with Gasteiger partial charge < -0.3 is 20.5 Å². The standard InChI is InChI=1S/C18H23F3N2O3/c19-18(20,21)11-26-14-4-1-3-12(7-14)15(10-24)23-16(25)22-13-8-17(9-13)5-2-6-17/h1,3-4,7,13,15,24H,2,5-6,8-11H2,(H2,22,23,25). The van der Waals surface area contributed by atoms with E-state index in [1.807, 2.05) is 0 Å². The smallest absolute Gasteiger partial charge is 0.422 e. The molecule has 2 fully saturated rings. The van der Waals surface area contributed by atoms with Gasteiger partial charge in [0.25, 0.3) is 0 Å². The van der Waals surface area contributed by atoms with Crippen LogP contribution < -0.4 is 15.4 Å². The third-order valence-electron chi connectivity index (χ3n) is 5.26. The van der Waals surface area contributed by atoms with Gasteiger partial charge >= 0.3 is 12.2 Å². The molecule has 1 atom stereocenters. The highest BCUT2D eigenvalue weighted by Crippen LogP contribution is 2.55. The SMILES string of the molecule is O=C(NC1CC2(CCC2)C1)NC(CO)c1cccc(OCC(F)(F)F)c1. The van der Waals surface area contributed by atoms with Gasteiger partial charge in [-0.05, 0) is 48.8 Å². The highest BCUT2D eigenvalue weighted by molar-refractivity contribution is 5.75. The molecule has 2 aliphatic carbocycles. The fourth-order valence-corrected chi connectivity index (χ4v) is 3.78. The van der Waals surface area contributed by atoms with Gasteiger partial charge in [0, 0.05) is 6.04 Å². The van der Waals surface area contributed by atoms with E-state index < -0.39 is 18.8 Å². The van der Waals surface area contributed by atoms with E-state index in [0.29, 0.717) is 11.0 Å². The first-order valence-corrected chi connectivity index (χ1v) is 8.76. The second-order valence-corrected chi connectivity index (χ2v) is 7.29. The molecular formula is C18H23F3N2O3. The zero-order chi connectivity index (χ0) is 18.8. The van der Waals surface area contributed by atoms with E-state index in [1.54, 1.807) is 6.07 Å². The van der Waals surface area contributed by atoms with Crippen molar-refractivity contribution in [2.45, 2.75) is 50.4 Å². The number of nitrogens with one attached hydrogen (secondary N) is 2. The summed E-state index contributed by atoms with van der Waals surface area (Å²) in [5.41, 5.74) is 0.921. The summed E-state index contributed by atoms with van der Waals surface area (Å²) in [6, 6.07) is 4.97. The molecule has 0 bridgehead atoms. The number of ether oxygens (including phenoxy) is 1. The molecule has 1 spiro atoms. The van der Waals surface area contributed by atoms with Gasteiger partial charge in [-0.15, -0.1) is 0 Å². The predicted octanol–water partition coefficient (Wildman–Crippen LogP) is 3.29. The van der Waals surface area contributed by atoms with Gasteiger partial charge in [0.2, 0.25) is 0 Å². The van der Waals surface area contributed by atoms with Gasteiger partial charge in [-0.2, -0.15) is 13.2 Å². The number of hydrogen-bond acceptors (Lipinski definition) is 3. The van der Waals surface area contributed by atoms with Crippen LogP contribution in [0.3, 0.4) is 0 Å². The fraction of sp³-hybridized carbons (Fsp3) is 0.611. The quantitative estimate of drug-likeness (QED) is 0.718. The van der Waals surface area contributed by atoms with Crippen molar-refractivity contribution in [3.63, 3.8) is 0 Å². The number of aliphatic hydroxyl groups is 1. The van der Waals surface area contributed by atoms with E-state index >= 15 is 0 Å². The molecule has 0 heterocycles. The first-order valence-electron chi connectivity index (χ1n) is 8.76. The Bertz CT molecular complexity index is 639. The monoisotopic (exact) mass is 372 g/mol. The number of aliphatic hydroxyl groups excluding tert-OH is 1. The van der Waals surface area contributed by atoms with E-state index in [0.717, 1.165) is 12.8 Å². The Morgan fingerprint density at radius 1 is 1.35 bits per heavy atom. The molecule has 0 aromatic heterocycles. The number of urea groups is 1. The van der Waals surface area contributed by atoms with Crippen molar-refractivity contribution in [2.75, 3.05) is 13.2 Å². The molecule has 2 saturated carbocycles. The fourth-order valence-electron chi connectivity index (χ4n) is 3.78. The van der Waals surface area contributed by atoms with Crippen molar-refractivity contribution in [1.29, 1.82) is 0 Å². The van der Waals surface area contributed by atoms with Crippen molar-refractivity contribution < 1.29 is 27.8 Å². The summed E-state index contributed by atoms with van der Waals surface area (Å²) in [7, 11) is 0. The maximum atomic E-state index is 12.3. The van der Waals surface area contributed by atoms with Crippen LogP contribution in [0, 0.1) is 5.41 Å². The Balaban J connectivity index is 1.52. The van der Waals surface area contributed by atoms with Crippen LogP contribution in [-0.4, -0.2) is 36.6 Å². The van der Waals surface area contributed by atoms with Gasteiger partial charge in [-0.25, -0.2) is 4.79 Å². The minimum Gasteiger partial charge on any atom is -0.484 e. The molecule has 0 aliphatic heterocycles. The molecule has 5 nitrogen and oxygen atoms in total. The van der Waals surface area contributed by atoms with E-state index in [-0.39, 0.29) is 24.4 Å². The second-order valence-electron chi connectivity index (χ2n) is 7.29. The maximum Gasteiger partial charge on any atom is 0.422 e. The van der Waals surface area contributed by atoms with Gasteiger partial charge in [-0.1, -0.05) is 18.6 Å². The third kappa shape index (κ3) is 4.60. The maximum absolute atomic E-state index is 12.3. The van der Waals surface area contributed by atoms with E-state index in [9.17, 15) is 23.1 Å². The average molecular weight is 372 g/mol. The average Bonchev–Trinajstić information content (AvgIpc) is 2.51. The van der Waals surface area contributed by atoms with Crippen molar-refractivity contribution in [2.24, 2.45) is 5.41 Å².